The summed E-state index contributed by atoms with van der Waals surface area (Å²) in [6.07, 6.45) is 5.73. The van der Waals surface area contributed by atoms with Gasteiger partial charge in [0.2, 0.25) is 0 Å². The highest BCUT2D eigenvalue weighted by Crippen LogP contribution is 2.47. The molecule has 2 aliphatic rings. The summed E-state index contributed by atoms with van der Waals surface area (Å²) in [6.45, 7) is 5.40. The molecule has 3 aromatic rings. The first-order chi connectivity index (χ1) is 14.5. The van der Waals surface area contributed by atoms with Crippen LogP contribution in [0.4, 0.5) is 0 Å². The molecule has 158 valence electrons. The highest BCUT2D eigenvalue weighted by molar-refractivity contribution is 5.81. The monoisotopic (exact) mass is 405 g/mol. The number of H-pyrrole nitrogens is 1. The Balaban J connectivity index is 1.42. The normalized spacial score (nSPS) is 26.6. The Kier molecular flexibility index (Phi) is 4.83. The maximum absolute atomic E-state index is 11.6. The van der Waals surface area contributed by atoms with E-state index in [9.17, 15) is 5.11 Å². The molecule has 2 bridgehead atoms. The van der Waals surface area contributed by atoms with Gasteiger partial charge in [-0.1, -0.05) is 26.0 Å². The summed E-state index contributed by atoms with van der Waals surface area (Å²) in [4.78, 5) is 10.7. The average molecular weight is 406 g/mol. The lowest BCUT2D eigenvalue weighted by atomic mass is 9.80. The molecule has 0 spiro atoms. The van der Waals surface area contributed by atoms with Crippen LogP contribution in [0, 0.1) is 0 Å². The number of nitrogens with one attached hydrogen (secondary N) is 1. The molecule has 5 rings (SSSR count). The SMILES string of the molecule is COc1ccc(C2(O)C[C@@H]3CC[C@@H](C2)N3Cc2c(C(C)C)[nH]c3ncccc23)cc1. The van der Waals surface area contributed by atoms with E-state index in [0.717, 1.165) is 49.2 Å². The summed E-state index contributed by atoms with van der Waals surface area (Å²) in [5.74, 6) is 1.25. The standard InChI is InChI=1S/C25H31N3O2/c1-16(2)23-22(21-5-4-12-26-24(21)27-23)15-28-18-8-9-19(28)14-25(29,13-18)17-6-10-20(30-3)11-7-17/h4-7,10-12,16,18-19,29H,8-9,13-15H2,1-3H3,(H,26,27)/t18-,19-/m0/s1. The number of aliphatic hydroxyl groups is 1. The number of ether oxygens (including phenoxy) is 1. The molecule has 2 N–H and O–H groups in total. The van der Waals surface area contributed by atoms with Crippen LogP contribution in [-0.2, 0) is 12.1 Å². The van der Waals surface area contributed by atoms with E-state index < -0.39 is 5.60 Å². The molecule has 0 radical (unpaired) electrons. The maximum Gasteiger partial charge on any atom is 0.137 e. The van der Waals surface area contributed by atoms with Gasteiger partial charge in [0, 0.05) is 35.9 Å². The molecule has 0 aliphatic carbocycles. The van der Waals surface area contributed by atoms with Crippen molar-refractivity contribution in [3.05, 3.63) is 59.4 Å². The molecule has 2 atom stereocenters. The molecular weight excluding hydrogens is 374 g/mol. The van der Waals surface area contributed by atoms with Crippen molar-refractivity contribution in [2.45, 2.75) is 69.7 Å². The number of pyridine rings is 1. The van der Waals surface area contributed by atoms with E-state index in [4.69, 9.17) is 4.74 Å². The van der Waals surface area contributed by atoms with Crippen LogP contribution in [0.25, 0.3) is 11.0 Å². The molecular formula is C25H31N3O2. The molecule has 2 aromatic heterocycles. The van der Waals surface area contributed by atoms with Gasteiger partial charge in [-0.15, -0.1) is 0 Å². The van der Waals surface area contributed by atoms with E-state index in [0.29, 0.717) is 18.0 Å². The van der Waals surface area contributed by atoms with Crippen LogP contribution in [0.1, 0.15) is 62.3 Å². The first-order valence-corrected chi connectivity index (χ1v) is 11.1. The first kappa shape index (κ1) is 19.6. The van der Waals surface area contributed by atoms with Crippen LogP contribution in [0.3, 0.4) is 0 Å². The second kappa shape index (κ2) is 7.40. The number of aromatic amines is 1. The van der Waals surface area contributed by atoms with E-state index in [1.165, 1.54) is 16.6 Å². The van der Waals surface area contributed by atoms with Crippen molar-refractivity contribution in [2.75, 3.05) is 7.11 Å². The summed E-state index contributed by atoms with van der Waals surface area (Å²) in [5.41, 5.74) is 3.91. The van der Waals surface area contributed by atoms with Crippen LogP contribution < -0.4 is 4.74 Å². The van der Waals surface area contributed by atoms with Gasteiger partial charge in [0.1, 0.15) is 11.4 Å². The van der Waals surface area contributed by atoms with Gasteiger partial charge in [-0.3, -0.25) is 4.90 Å². The summed E-state index contributed by atoms with van der Waals surface area (Å²) < 4.78 is 5.29. The van der Waals surface area contributed by atoms with E-state index in [1.807, 2.05) is 36.5 Å². The lowest BCUT2D eigenvalue weighted by Gasteiger charge is -2.44. The lowest BCUT2D eigenvalue weighted by Crippen LogP contribution is -2.49. The van der Waals surface area contributed by atoms with E-state index in [-0.39, 0.29) is 0 Å². The van der Waals surface area contributed by atoms with Gasteiger partial charge in [-0.05, 0) is 67.0 Å². The van der Waals surface area contributed by atoms with Crippen molar-refractivity contribution in [2.24, 2.45) is 0 Å². The molecule has 4 heterocycles. The highest BCUT2D eigenvalue weighted by atomic mass is 16.5. The van der Waals surface area contributed by atoms with Gasteiger partial charge in [0.15, 0.2) is 0 Å². The number of rotatable bonds is 5. The Morgan fingerprint density at radius 3 is 2.50 bits per heavy atom. The zero-order chi connectivity index (χ0) is 20.9. The van der Waals surface area contributed by atoms with Crippen molar-refractivity contribution >= 4 is 11.0 Å². The van der Waals surface area contributed by atoms with E-state index in [1.54, 1.807) is 7.11 Å². The van der Waals surface area contributed by atoms with Gasteiger partial charge in [0.25, 0.3) is 0 Å². The van der Waals surface area contributed by atoms with Gasteiger partial charge in [0.05, 0.1) is 12.7 Å². The van der Waals surface area contributed by atoms with Crippen LogP contribution in [0.15, 0.2) is 42.6 Å². The molecule has 2 fully saturated rings. The predicted octanol–water partition coefficient (Wildman–Crippen LogP) is 4.71. The molecule has 0 unspecified atom stereocenters. The minimum Gasteiger partial charge on any atom is -0.497 e. The molecule has 5 nitrogen and oxygen atoms in total. The van der Waals surface area contributed by atoms with Gasteiger partial charge in [-0.2, -0.15) is 0 Å². The zero-order valence-electron chi connectivity index (χ0n) is 18.1. The fourth-order valence-electron chi connectivity index (χ4n) is 5.65. The van der Waals surface area contributed by atoms with Crippen LogP contribution in [0.2, 0.25) is 0 Å². The van der Waals surface area contributed by atoms with Gasteiger partial charge < -0.3 is 14.8 Å². The number of hydrogen-bond donors (Lipinski definition) is 2. The third-order valence-electron chi connectivity index (χ3n) is 7.17. The van der Waals surface area contributed by atoms with Crippen molar-refractivity contribution in [3.63, 3.8) is 0 Å². The molecule has 0 amide bonds. The van der Waals surface area contributed by atoms with Gasteiger partial charge >= 0.3 is 0 Å². The number of benzene rings is 1. The summed E-state index contributed by atoms with van der Waals surface area (Å²) >= 11 is 0. The first-order valence-electron chi connectivity index (χ1n) is 11.1. The molecule has 2 saturated heterocycles. The fraction of sp³-hybridized carbons (Fsp3) is 0.480. The largest absolute Gasteiger partial charge is 0.497 e. The van der Waals surface area contributed by atoms with Crippen molar-refractivity contribution in [1.29, 1.82) is 0 Å². The van der Waals surface area contributed by atoms with Crippen molar-refractivity contribution in [3.8, 4) is 5.75 Å². The second-order valence-corrected chi connectivity index (χ2v) is 9.30. The minimum atomic E-state index is -0.753. The summed E-state index contributed by atoms with van der Waals surface area (Å²) in [5, 5.41) is 12.8. The molecule has 30 heavy (non-hydrogen) atoms. The topological polar surface area (TPSA) is 61.4 Å². The zero-order valence-corrected chi connectivity index (χ0v) is 18.1. The predicted molar refractivity (Wildman–Crippen MR) is 119 cm³/mol. The van der Waals surface area contributed by atoms with Crippen LogP contribution >= 0.6 is 0 Å². The Hall–Kier alpha value is -2.37. The molecule has 5 heteroatoms. The Morgan fingerprint density at radius 1 is 1.17 bits per heavy atom. The number of fused-ring (bicyclic) bond motifs is 3. The average Bonchev–Trinajstić information content (AvgIpc) is 3.24. The van der Waals surface area contributed by atoms with E-state index >= 15 is 0 Å². The number of nitrogens with zero attached hydrogens (tertiary/aromatic N) is 2. The lowest BCUT2D eigenvalue weighted by molar-refractivity contribution is -0.0594. The van der Waals surface area contributed by atoms with Crippen molar-refractivity contribution < 1.29 is 9.84 Å². The number of aromatic nitrogens is 2. The Morgan fingerprint density at radius 2 is 1.87 bits per heavy atom. The second-order valence-electron chi connectivity index (χ2n) is 9.30. The number of methoxy groups -OCH3 is 1. The summed E-state index contributed by atoms with van der Waals surface area (Å²) in [7, 11) is 1.67. The number of piperidine rings is 1. The highest BCUT2D eigenvalue weighted by Gasteiger charge is 2.48. The van der Waals surface area contributed by atoms with Crippen molar-refractivity contribution in [1.82, 2.24) is 14.9 Å². The summed E-state index contributed by atoms with van der Waals surface area (Å²) in [6, 6.07) is 13.0. The third-order valence-corrected chi connectivity index (χ3v) is 7.17. The molecule has 1 aromatic carbocycles. The number of hydrogen-bond acceptors (Lipinski definition) is 4. The molecule has 2 aliphatic heterocycles. The third kappa shape index (κ3) is 3.21. The minimum absolute atomic E-state index is 0.400. The Labute approximate surface area is 178 Å². The molecule has 0 saturated carbocycles. The Bertz CT molecular complexity index is 1030. The quantitative estimate of drug-likeness (QED) is 0.645. The van der Waals surface area contributed by atoms with Crippen LogP contribution in [-0.4, -0.2) is 39.2 Å². The maximum atomic E-state index is 11.6. The fourth-order valence-corrected chi connectivity index (χ4v) is 5.65. The smallest absolute Gasteiger partial charge is 0.137 e. The van der Waals surface area contributed by atoms with Gasteiger partial charge in [-0.25, -0.2) is 4.98 Å². The van der Waals surface area contributed by atoms with E-state index in [2.05, 4.69) is 34.8 Å². The van der Waals surface area contributed by atoms with Crippen LogP contribution in [0.5, 0.6) is 5.75 Å².